The predicted molar refractivity (Wildman–Crippen MR) is 126 cm³/mol. The van der Waals surface area contributed by atoms with E-state index in [4.69, 9.17) is 0 Å². The van der Waals surface area contributed by atoms with Crippen LogP contribution in [-0.4, -0.2) is 51.9 Å². The van der Waals surface area contributed by atoms with Crippen LogP contribution in [0, 0.1) is 6.92 Å². The zero-order valence-electron chi connectivity index (χ0n) is 17.7. The van der Waals surface area contributed by atoms with Gasteiger partial charge in [-0.2, -0.15) is 0 Å². The van der Waals surface area contributed by atoms with E-state index in [2.05, 4.69) is 11.0 Å². The molecular weight excluding hydrogens is 404 g/mol. The van der Waals surface area contributed by atoms with Gasteiger partial charge in [-0.1, -0.05) is 48.5 Å². The maximum Gasteiger partial charge on any atom is 0.255 e. The van der Waals surface area contributed by atoms with Crippen LogP contribution in [0.1, 0.15) is 39.1 Å². The van der Waals surface area contributed by atoms with Crippen molar-refractivity contribution in [3.63, 3.8) is 0 Å². The Kier molecular flexibility index (Phi) is 5.22. The fourth-order valence-electron chi connectivity index (χ4n) is 4.83. The van der Waals surface area contributed by atoms with Gasteiger partial charge in [0, 0.05) is 36.5 Å². The Hall–Kier alpha value is -2.79. The number of benzene rings is 3. The van der Waals surface area contributed by atoms with Gasteiger partial charge in [0.05, 0.1) is 4.87 Å². The van der Waals surface area contributed by atoms with Gasteiger partial charge in [0.2, 0.25) is 0 Å². The van der Waals surface area contributed by atoms with E-state index in [1.54, 1.807) is 0 Å². The smallest absolute Gasteiger partial charge is 0.255 e. The quantitative estimate of drug-likeness (QED) is 0.576. The second-order valence-corrected chi connectivity index (χ2v) is 9.88. The number of carbonyl (C=O) groups excluding carboxylic acids is 2. The Labute approximate surface area is 187 Å². The Morgan fingerprint density at radius 2 is 1.55 bits per heavy atom. The molecule has 31 heavy (non-hydrogen) atoms. The molecule has 2 aliphatic heterocycles. The second kappa shape index (κ2) is 8.04. The van der Waals surface area contributed by atoms with E-state index < -0.39 is 0 Å². The van der Waals surface area contributed by atoms with E-state index in [1.165, 1.54) is 0 Å². The lowest BCUT2D eigenvalue weighted by Gasteiger charge is -2.44. The minimum Gasteiger partial charge on any atom is -0.338 e. The molecule has 158 valence electrons. The monoisotopic (exact) mass is 430 g/mol. The molecule has 5 rings (SSSR count). The van der Waals surface area contributed by atoms with Gasteiger partial charge in [0.15, 0.2) is 0 Å². The number of likely N-dealkylation sites (tertiary alicyclic amines) is 1. The number of piperidine rings is 1. The zero-order chi connectivity index (χ0) is 21.4. The highest BCUT2D eigenvalue weighted by Gasteiger charge is 2.47. The number of hydrogen-bond donors (Lipinski definition) is 0. The summed E-state index contributed by atoms with van der Waals surface area (Å²) in [5, 5.41) is 2.23. The molecule has 0 aliphatic carbocycles. The standard InChI is InChI=1S/C26H26N2O2S/c1-19-6-2-5-9-23(19)25(30)28-16-17-31-26(28)12-14-27(15-13-26)24(29)22-11-10-20-7-3-4-8-21(20)18-22/h2-11,18H,12-17H2,1H3. The summed E-state index contributed by atoms with van der Waals surface area (Å²) in [6.07, 6.45) is 1.63. The van der Waals surface area contributed by atoms with Crippen LogP contribution in [-0.2, 0) is 0 Å². The lowest BCUT2D eigenvalue weighted by atomic mass is 9.98. The fraction of sp³-hybridized carbons (Fsp3) is 0.308. The molecule has 0 saturated carbocycles. The molecule has 4 nitrogen and oxygen atoms in total. The van der Waals surface area contributed by atoms with Crippen molar-refractivity contribution < 1.29 is 9.59 Å². The highest BCUT2D eigenvalue weighted by Crippen LogP contribution is 2.44. The maximum absolute atomic E-state index is 13.3. The van der Waals surface area contributed by atoms with Crippen molar-refractivity contribution in [2.75, 3.05) is 25.4 Å². The third-order valence-electron chi connectivity index (χ3n) is 6.63. The minimum atomic E-state index is -0.195. The van der Waals surface area contributed by atoms with Gasteiger partial charge < -0.3 is 9.80 Å². The summed E-state index contributed by atoms with van der Waals surface area (Å²) in [7, 11) is 0. The van der Waals surface area contributed by atoms with Gasteiger partial charge >= 0.3 is 0 Å². The molecule has 2 heterocycles. The summed E-state index contributed by atoms with van der Waals surface area (Å²) in [5.41, 5.74) is 2.55. The summed E-state index contributed by atoms with van der Waals surface area (Å²) in [6.45, 7) is 4.12. The van der Waals surface area contributed by atoms with Crippen molar-refractivity contribution in [3.05, 3.63) is 83.4 Å². The summed E-state index contributed by atoms with van der Waals surface area (Å²) in [6, 6.07) is 21.9. The van der Waals surface area contributed by atoms with Crippen LogP contribution in [0.2, 0.25) is 0 Å². The van der Waals surface area contributed by atoms with Crippen LogP contribution < -0.4 is 0 Å². The van der Waals surface area contributed by atoms with Gasteiger partial charge in [-0.15, -0.1) is 11.8 Å². The Morgan fingerprint density at radius 1 is 0.839 bits per heavy atom. The molecule has 1 spiro atoms. The lowest BCUT2D eigenvalue weighted by Crippen LogP contribution is -2.53. The third-order valence-corrected chi connectivity index (χ3v) is 8.18. The topological polar surface area (TPSA) is 40.6 Å². The Morgan fingerprint density at radius 3 is 2.32 bits per heavy atom. The molecule has 0 radical (unpaired) electrons. The van der Waals surface area contributed by atoms with Crippen LogP contribution in [0.15, 0.2) is 66.7 Å². The minimum absolute atomic E-state index is 0.0837. The summed E-state index contributed by atoms with van der Waals surface area (Å²) in [5.74, 6) is 1.16. The van der Waals surface area contributed by atoms with Gasteiger partial charge in [-0.05, 0) is 54.3 Å². The number of thioether (sulfide) groups is 1. The van der Waals surface area contributed by atoms with E-state index in [0.29, 0.717) is 13.1 Å². The highest BCUT2D eigenvalue weighted by molar-refractivity contribution is 8.00. The van der Waals surface area contributed by atoms with Crippen molar-refractivity contribution in [2.24, 2.45) is 0 Å². The molecule has 0 bridgehead atoms. The number of rotatable bonds is 2. The van der Waals surface area contributed by atoms with Gasteiger partial charge in [0.25, 0.3) is 11.8 Å². The average Bonchev–Trinajstić information content (AvgIpc) is 3.21. The first-order valence-electron chi connectivity index (χ1n) is 10.9. The number of aryl methyl sites for hydroxylation is 1. The van der Waals surface area contributed by atoms with Crippen molar-refractivity contribution in [2.45, 2.75) is 24.6 Å². The molecule has 2 saturated heterocycles. The highest BCUT2D eigenvalue weighted by atomic mass is 32.2. The van der Waals surface area contributed by atoms with Gasteiger partial charge in [0.1, 0.15) is 0 Å². The van der Waals surface area contributed by atoms with Gasteiger partial charge in [-0.25, -0.2) is 0 Å². The van der Waals surface area contributed by atoms with E-state index in [9.17, 15) is 9.59 Å². The molecule has 5 heteroatoms. The van der Waals surface area contributed by atoms with Crippen LogP contribution in [0.4, 0.5) is 0 Å². The maximum atomic E-state index is 13.3. The first-order valence-corrected chi connectivity index (χ1v) is 11.9. The average molecular weight is 431 g/mol. The molecule has 2 aliphatic rings. The van der Waals surface area contributed by atoms with Crippen LogP contribution in [0.3, 0.4) is 0 Å². The molecule has 3 aromatic carbocycles. The number of amides is 2. The fourth-order valence-corrected chi connectivity index (χ4v) is 6.29. The van der Waals surface area contributed by atoms with Crippen LogP contribution in [0.25, 0.3) is 10.8 Å². The molecule has 0 unspecified atom stereocenters. The van der Waals surface area contributed by atoms with E-state index in [1.807, 2.05) is 84.2 Å². The summed E-state index contributed by atoms with van der Waals surface area (Å²) in [4.78, 5) is 30.3. The van der Waals surface area contributed by atoms with Crippen molar-refractivity contribution in [1.29, 1.82) is 0 Å². The molecule has 3 aromatic rings. The van der Waals surface area contributed by atoms with E-state index in [0.717, 1.165) is 52.6 Å². The Balaban J connectivity index is 1.32. The van der Waals surface area contributed by atoms with E-state index >= 15 is 0 Å². The lowest BCUT2D eigenvalue weighted by molar-refractivity contribution is 0.0497. The molecule has 0 N–H and O–H groups in total. The Bertz CT molecular complexity index is 1150. The van der Waals surface area contributed by atoms with Crippen molar-refractivity contribution >= 4 is 34.3 Å². The molecule has 0 atom stereocenters. The molecule has 2 amide bonds. The number of carbonyl (C=O) groups is 2. The number of hydrogen-bond acceptors (Lipinski definition) is 3. The summed E-state index contributed by atoms with van der Waals surface area (Å²) >= 11 is 1.88. The van der Waals surface area contributed by atoms with Crippen molar-refractivity contribution in [3.8, 4) is 0 Å². The van der Waals surface area contributed by atoms with Gasteiger partial charge in [-0.3, -0.25) is 9.59 Å². The summed E-state index contributed by atoms with van der Waals surface area (Å²) < 4.78 is 0. The second-order valence-electron chi connectivity index (χ2n) is 8.42. The first-order chi connectivity index (χ1) is 15.1. The SMILES string of the molecule is Cc1ccccc1C(=O)N1CCSC12CCN(C(=O)c1ccc3ccccc3c1)CC2. The number of nitrogens with zero attached hydrogens (tertiary/aromatic N) is 2. The predicted octanol–water partition coefficient (Wildman–Crippen LogP) is 4.97. The van der Waals surface area contributed by atoms with E-state index in [-0.39, 0.29) is 16.7 Å². The van der Waals surface area contributed by atoms with Crippen LogP contribution >= 0.6 is 11.8 Å². The number of fused-ring (bicyclic) bond motifs is 1. The van der Waals surface area contributed by atoms with Crippen LogP contribution in [0.5, 0.6) is 0 Å². The molecular formula is C26H26N2O2S. The van der Waals surface area contributed by atoms with Crippen molar-refractivity contribution in [1.82, 2.24) is 9.80 Å². The molecule has 0 aromatic heterocycles. The third kappa shape index (κ3) is 3.61. The normalized spacial score (nSPS) is 18.0. The molecule has 2 fully saturated rings. The largest absolute Gasteiger partial charge is 0.338 e. The zero-order valence-corrected chi connectivity index (χ0v) is 18.5. The first kappa shape index (κ1) is 20.1.